The Morgan fingerprint density at radius 1 is 1.13 bits per heavy atom. The molecule has 0 N–H and O–H groups in total. The van der Waals surface area contributed by atoms with Crippen molar-refractivity contribution in [2.24, 2.45) is 0 Å². The number of hydrogen-bond donors (Lipinski definition) is 0. The van der Waals surface area contributed by atoms with Crippen molar-refractivity contribution in [3.8, 4) is 0 Å². The number of rotatable bonds is 4. The molecule has 0 saturated heterocycles. The minimum absolute atomic E-state index is 0.435. The Kier molecular flexibility index (Phi) is 5.48. The topological polar surface area (TPSA) is 3.24 Å². The minimum Gasteiger partial charge on any atom is -0.367 e. The van der Waals surface area contributed by atoms with E-state index >= 15 is 0 Å². The summed E-state index contributed by atoms with van der Waals surface area (Å²) in [5.41, 5.74) is 0. The van der Waals surface area contributed by atoms with Gasteiger partial charge in [0.25, 0.3) is 0 Å². The number of hydrogen-bond acceptors (Lipinski definition) is 1. The summed E-state index contributed by atoms with van der Waals surface area (Å²) in [7, 11) is -1.25. The molecule has 0 aliphatic rings. The zero-order valence-corrected chi connectivity index (χ0v) is 13.3. The normalized spacial score (nSPS) is 12.7. The van der Waals surface area contributed by atoms with E-state index in [2.05, 4.69) is 52.6 Å². The van der Waals surface area contributed by atoms with E-state index in [1.54, 1.807) is 0 Å². The van der Waals surface area contributed by atoms with Crippen LogP contribution in [-0.2, 0) is 0 Å². The summed E-state index contributed by atoms with van der Waals surface area (Å²) >= 11 is 5.55. The van der Waals surface area contributed by atoms with Crippen LogP contribution in [0.4, 0.5) is 0 Å². The molecule has 0 aliphatic heterocycles. The van der Waals surface area contributed by atoms with Crippen molar-refractivity contribution in [2.75, 3.05) is 13.1 Å². The molecule has 15 heavy (non-hydrogen) atoms. The van der Waals surface area contributed by atoms with Crippen molar-refractivity contribution in [3.05, 3.63) is 0 Å². The third kappa shape index (κ3) is 4.23. The average molecular weight is 246 g/mol. The lowest BCUT2D eigenvalue weighted by atomic mass is 10.2. The molecule has 0 aromatic heterocycles. The Morgan fingerprint density at radius 2 is 1.53 bits per heavy atom. The van der Waals surface area contributed by atoms with Crippen molar-refractivity contribution in [3.63, 3.8) is 0 Å². The highest BCUT2D eigenvalue weighted by Crippen LogP contribution is 2.39. The highest BCUT2D eigenvalue weighted by Gasteiger charge is 2.36. The van der Waals surface area contributed by atoms with Crippen LogP contribution >= 0.6 is 12.2 Å². The van der Waals surface area contributed by atoms with Crippen molar-refractivity contribution < 1.29 is 0 Å². The van der Waals surface area contributed by atoms with Crippen LogP contribution in [0.25, 0.3) is 0 Å². The molecule has 0 rings (SSSR count). The van der Waals surface area contributed by atoms with Gasteiger partial charge in [-0.3, -0.25) is 0 Å². The van der Waals surface area contributed by atoms with Gasteiger partial charge in [0.2, 0.25) is 0 Å². The van der Waals surface area contributed by atoms with Gasteiger partial charge in [0.15, 0.2) is 0 Å². The van der Waals surface area contributed by atoms with Crippen LogP contribution in [0.2, 0.25) is 24.2 Å². The van der Waals surface area contributed by atoms with Gasteiger partial charge in [0.1, 0.15) is 0 Å². The standard InChI is InChI=1S/C12H27NSSi/c1-8-13(9-2)11(14)10-15(6,7)12(3,4)5/h8-10H2,1-7H3. The SMILES string of the molecule is CCN(CC)C(=S)C[Si](C)(C)C(C)(C)C. The molecule has 0 radical (unpaired) electrons. The van der Waals surface area contributed by atoms with E-state index in [0.29, 0.717) is 5.04 Å². The van der Waals surface area contributed by atoms with Gasteiger partial charge < -0.3 is 4.90 Å². The van der Waals surface area contributed by atoms with Gasteiger partial charge in [-0.05, 0) is 24.9 Å². The summed E-state index contributed by atoms with van der Waals surface area (Å²) in [5.74, 6) is 0. The lowest BCUT2D eigenvalue weighted by molar-refractivity contribution is 0.470. The number of nitrogens with zero attached hydrogens (tertiary/aromatic N) is 1. The molecule has 0 fully saturated rings. The largest absolute Gasteiger partial charge is 0.367 e. The summed E-state index contributed by atoms with van der Waals surface area (Å²) in [6.45, 7) is 18.4. The molecular formula is C12H27NSSi. The monoisotopic (exact) mass is 245 g/mol. The highest BCUT2D eigenvalue weighted by atomic mass is 32.1. The highest BCUT2D eigenvalue weighted by molar-refractivity contribution is 7.80. The predicted molar refractivity (Wildman–Crippen MR) is 77.5 cm³/mol. The van der Waals surface area contributed by atoms with Crippen LogP contribution in [0.5, 0.6) is 0 Å². The summed E-state index contributed by atoms with van der Waals surface area (Å²) < 4.78 is 0. The lowest BCUT2D eigenvalue weighted by Crippen LogP contribution is -2.42. The fourth-order valence-electron chi connectivity index (χ4n) is 1.33. The maximum Gasteiger partial charge on any atom is 0.0752 e. The fourth-order valence-corrected chi connectivity index (χ4v) is 4.18. The van der Waals surface area contributed by atoms with Crippen molar-refractivity contribution in [1.82, 2.24) is 4.90 Å². The van der Waals surface area contributed by atoms with Crippen molar-refractivity contribution >= 4 is 25.3 Å². The second-order valence-electron chi connectivity index (χ2n) is 5.88. The first-order chi connectivity index (χ1) is 6.65. The molecule has 0 aliphatic carbocycles. The van der Waals surface area contributed by atoms with E-state index in [9.17, 15) is 0 Å². The Morgan fingerprint density at radius 3 is 1.80 bits per heavy atom. The van der Waals surface area contributed by atoms with Gasteiger partial charge in [-0.15, -0.1) is 0 Å². The molecule has 0 bridgehead atoms. The molecule has 0 unspecified atom stereocenters. The summed E-state index contributed by atoms with van der Waals surface area (Å²) in [5, 5.41) is 0.435. The first-order valence-electron chi connectivity index (χ1n) is 5.93. The first kappa shape index (κ1) is 15.1. The van der Waals surface area contributed by atoms with Crippen molar-refractivity contribution in [1.29, 1.82) is 0 Å². The van der Waals surface area contributed by atoms with Crippen LogP contribution in [0, 0.1) is 0 Å². The average Bonchev–Trinajstić information content (AvgIpc) is 2.03. The van der Waals surface area contributed by atoms with Crippen LogP contribution in [0.15, 0.2) is 0 Å². The van der Waals surface area contributed by atoms with Crippen LogP contribution < -0.4 is 0 Å². The molecule has 1 nitrogen and oxygen atoms in total. The van der Waals surface area contributed by atoms with E-state index < -0.39 is 8.07 Å². The van der Waals surface area contributed by atoms with Gasteiger partial charge >= 0.3 is 0 Å². The van der Waals surface area contributed by atoms with Gasteiger partial charge in [-0.2, -0.15) is 0 Å². The smallest absolute Gasteiger partial charge is 0.0752 e. The van der Waals surface area contributed by atoms with Crippen LogP contribution in [0.3, 0.4) is 0 Å². The van der Waals surface area contributed by atoms with Gasteiger partial charge in [-0.25, -0.2) is 0 Å². The molecule has 0 amide bonds. The molecule has 0 spiro atoms. The Balaban J connectivity index is 4.53. The quantitative estimate of drug-likeness (QED) is 0.540. The molecule has 0 saturated carbocycles. The maximum absolute atomic E-state index is 5.55. The second-order valence-corrected chi connectivity index (χ2v) is 12.0. The fraction of sp³-hybridized carbons (Fsp3) is 0.917. The Bertz CT molecular complexity index is 214. The lowest BCUT2D eigenvalue weighted by Gasteiger charge is -2.38. The third-order valence-corrected chi connectivity index (χ3v) is 9.68. The third-order valence-electron chi connectivity index (χ3n) is 3.74. The minimum atomic E-state index is -1.25. The van der Waals surface area contributed by atoms with E-state index in [4.69, 9.17) is 12.2 Å². The number of thiocarbonyl (C=S) groups is 1. The first-order valence-corrected chi connectivity index (χ1v) is 9.55. The zero-order valence-electron chi connectivity index (χ0n) is 11.5. The van der Waals surface area contributed by atoms with Gasteiger partial charge in [0.05, 0.1) is 13.1 Å². The summed E-state index contributed by atoms with van der Waals surface area (Å²) in [6, 6.07) is 1.15. The van der Waals surface area contributed by atoms with Gasteiger partial charge in [-0.1, -0.05) is 46.1 Å². The Hall–Kier alpha value is 0.107. The zero-order chi connectivity index (χ0) is 12.3. The summed E-state index contributed by atoms with van der Waals surface area (Å²) in [6.07, 6.45) is 0. The molecule has 0 aromatic rings. The predicted octanol–water partition coefficient (Wildman–Crippen LogP) is 4.16. The van der Waals surface area contributed by atoms with Crippen molar-refractivity contribution in [2.45, 2.75) is 58.8 Å². The van der Waals surface area contributed by atoms with Gasteiger partial charge in [0, 0.05) is 13.1 Å². The second kappa shape index (κ2) is 5.44. The molecular weight excluding hydrogens is 218 g/mol. The molecule has 3 heteroatoms. The van der Waals surface area contributed by atoms with E-state index in [1.807, 2.05) is 0 Å². The van der Waals surface area contributed by atoms with E-state index in [1.165, 1.54) is 4.99 Å². The van der Waals surface area contributed by atoms with Crippen LogP contribution in [-0.4, -0.2) is 31.1 Å². The molecule has 0 atom stereocenters. The Labute approximate surface area is 102 Å². The molecule has 0 aromatic carbocycles. The maximum atomic E-state index is 5.55. The summed E-state index contributed by atoms with van der Waals surface area (Å²) in [4.78, 5) is 3.49. The van der Waals surface area contributed by atoms with E-state index in [0.717, 1.165) is 19.1 Å². The van der Waals surface area contributed by atoms with E-state index in [-0.39, 0.29) is 0 Å². The van der Waals surface area contributed by atoms with Crippen LogP contribution in [0.1, 0.15) is 34.6 Å². The molecule has 90 valence electrons. The molecule has 0 heterocycles.